The SMILES string of the molecule is O=Cc1cn(C2CCCC2)nc1-c1ccsc1. The summed E-state index contributed by atoms with van der Waals surface area (Å²) in [4.78, 5) is 11.1. The zero-order valence-electron chi connectivity index (χ0n) is 9.50. The summed E-state index contributed by atoms with van der Waals surface area (Å²) in [6, 6.07) is 2.50. The first-order chi connectivity index (χ1) is 8.38. The summed E-state index contributed by atoms with van der Waals surface area (Å²) in [6.45, 7) is 0. The molecule has 1 aliphatic carbocycles. The van der Waals surface area contributed by atoms with E-state index < -0.39 is 0 Å². The number of rotatable bonds is 3. The van der Waals surface area contributed by atoms with Crippen molar-refractivity contribution in [3.63, 3.8) is 0 Å². The number of carbonyl (C=O) groups excluding carboxylic acids is 1. The maximum absolute atomic E-state index is 11.1. The van der Waals surface area contributed by atoms with Gasteiger partial charge in [0, 0.05) is 17.1 Å². The van der Waals surface area contributed by atoms with Crippen LogP contribution in [0.25, 0.3) is 11.3 Å². The second-order valence-corrected chi connectivity index (χ2v) is 5.26. The molecule has 0 radical (unpaired) electrons. The molecule has 2 aromatic heterocycles. The summed E-state index contributed by atoms with van der Waals surface area (Å²) in [5.41, 5.74) is 2.58. The quantitative estimate of drug-likeness (QED) is 0.776. The Labute approximate surface area is 104 Å². The Morgan fingerprint density at radius 3 is 2.88 bits per heavy atom. The van der Waals surface area contributed by atoms with Crippen LogP contribution >= 0.6 is 11.3 Å². The van der Waals surface area contributed by atoms with Crippen molar-refractivity contribution in [1.29, 1.82) is 0 Å². The summed E-state index contributed by atoms with van der Waals surface area (Å²) in [7, 11) is 0. The van der Waals surface area contributed by atoms with Gasteiger partial charge in [-0.15, -0.1) is 0 Å². The van der Waals surface area contributed by atoms with Crippen LogP contribution in [0.5, 0.6) is 0 Å². The Balaban J connectivity index is 2.00. The molecule has 0 saturated heterocycles. The van der Waals surface area contributed by atoms with E-state index in [1.807, 2.05) is 27.7 Å². The first-order valence-corrected chi connectivity index (χ1v) is 6.89. The van der Waals surface area contributed by atoms with E-state index in [2.05, 4.69) is 5.10 Å². The summed E-state index contributed by atoms with van der Waals surface area (Å²) >= 11 is 1.63. The molecule has 17 heavy (non-hydrogen) atoms. The van der Waals surface area contributed by atoms with Crippen molar-refractivity contribution in [2.45, 2.75) is 31.7 Å². The smallest absolute Gasteiger partial charge is 0.153 e. The topological polar surface area (TPSA) is 34.9 Å². The lowest BCUT2D eigenvalue weighted by atomic mass is 10.2. The number of aromatic nitrogens is 2. The second-order valence-electron chi connectivity index (χ2n) is 4.48. The predicted octanol–water partition coefficient (Wildman–Crippen LogP) is 3.54. The van der Waals surface area contributed by atoms with E-state index in [9.17, 15) is 4.79 Å². The number of thiophene rings is 1. The van der Waals surface area contributed by atoms with Crippen LogP contribution < -0.4 is 0 Å². The molecule has 1 saturated carbocycles. The molecule has 0 unspecified atom stereocenters. The highest BCUT2D eigenvalue weighted by Gasteiger charge is 2.20. The van der Waals surface area contributed by atoms with Crippen molar-refractivity contribution in [2.24, 2.45) is 0 Å². The molecular formula is C13H14N2OS. The average molecular weight is 246 g/mol. The Hall–Kier alpha value is -1.42. The number of hydrogen-bond donors (Lipinski definition) is 0. The third kappa shape index (κ3) is 1.93. The third-order valence-electron chi connectivity index (χ3n) is 3.38. The number of hydrogen-bond acceptors (Lipinski definition) is 3. The molecule has 88 valence electrons. The minimum absolute atomic E-state index is 0.487. The monoisotopic (exact) mass is 246 g/mol. The van der Waals surface area contributed by atoms with Crippen LogP contribution in [0.4, 0.5) is 0 Å². The summed E-state index contributed by atoms with van der Waals surface area (Å²) in [5.74, 6) is 0. The highest BCUT2D eigenvalue weighted by Crippen LogP contribution is 2.31. The van der Waals surface area contributed by atoms with E-state index >= 15 is 0 Å². The molecule has 3 rings (SSSR count). The van der Waals surface area contributed by atoms with Crippen molar-refractivity contribution in [3.05, 3.63) is 28.6 Å². The van der Waals surface area contributed by atoms with Gasteiger partial charge < -0.3 is 0 Å². The van der Waals surface area contributed by atoms with Crippen LogP contribution in [0.15, 0.2) is 23.0 Å². The van der Waals surface area contributed by atoms with E-state index in [1.54, 1.807) is 11.3 Å². The Bertz CT molecular complexity index is 510. The summed E-state index contributed by atoms with van der Waals surface area (Å²) in [5, 5.41) is 8.65. The van der Waals surface area contributed by atoms with Crippen molar-refractivity contribution < 1.29 is 4.79 Å². The molecule has 0 aliphatic heterocycles. The minimum Gasteiger partial charge on any atom is -0.298 e. The van der Waals surface area contributed by atoms with E-state index in [0.717, 1.165) is 17.5 Å². The van der Waals surface area contributed by atoms with Gasteiger partial charge >= 0.3 is 0 Å². The van der Waals surface area contributed by atoms with Gasteiger partial charge in [0.2, 0.25) is 0 Å². The first-order valence-electron chi connectivity index (χ1n) is 5.95. The molecule has 0 spiro atoms. The molecule has 4 heteroatoms. The largest absolute Gasteiger partial charge is 0.298 e. The molecule has 0 amide bonds. The summed E-state index contributed by atoms with van der Waals surface area (Å²) in [6.07, 6.45) is 7.72. The third-order valence-corrected chi connectivity index (χ3v) is 4.06. The Morgan fingerprint density at radius 2 is 2.24 bits per heavy atom. The van der Waals surface area contributed by atoms with E-state index in [0.29, 0.717) is 11.6 Å². The second kappa shape index (κ2) is 4.45. The summed E-state index contributed by atoms with van der Waals surface area (Å²) < 4.78 is 1.99. The van der Waals surface area contributed by atoms with Gasteiger partial charge in [-0.1, -0.05) is 12.8 Å². The molecule has 0 aromatic carbocycles. The van der Waals surface area contributed by atoms with Gasteiger partial charge in [0.05, 0.1) is 11.6 Å². The maximum Gasteiger partial charge on any atom is 0.153 e. The fourth-order valence-electron chi connectivity index (χ4n) is 2.47. The standard InChI is InChI=1S/C13H14N2OS/c16-8-11-7-15(12-3-1-2-4-12)14-13(11)10-5-6-17-9-10/h5-9,12H,1-4H2. The van der Waals surface area contributed by atoms with Crippen molar-refractivity contribution in [1.82, 2.24) is 9.78 Å². The van der Waals surface area contributed by atoms with Gasteiger partial charge in [0.1, 0.15) is 5.69 Å². The van der Waals surface area contributed by atoms with Crippen LogP contribution in [0, 0.1) is 0 Å². The van der Waals surface area contributed by atoms with Crippen LogP contribution in [0.1, 0.15) is 42.1 Å². The van der Waals surface area contributed by atoms with Crippen molar-refractivity contribution in [3.8, 4) is 11.3 Å². The molecule has 0 N–H and O–H groups in total. The molecule has 2 aromatic rings. The first kappa shape index (κ1) is 10.7. The lowest BCUT2D eigenvalue weighted by molar-refractivity contribution is 0.112. The lowest BCUT2D eigenvalue weighted by Gasteiger charge is -2.08. The van der Waals surface area contributed by atoms with Crippen molar-refractivity contribution in [2.75, 3.05) is 0 Å². The zero-order chi connectivity index (χ0) is 11.7. The number of carbonyl (C=O) groups is 1. The Kier molecular flexibility index (Phi) is 2.81. The van der Waals surface area contributed by atoms with Crippen LogP contribution in [0.2, 0.25) is 0 Å². The van der Waals surface area contributed by atoms with Gasteiger partial charge in [0.25, 0.3) is 0 Å². The molecule has 2 heterocycles. The van der Waals surface area contributed by atoms with Gasteiger partial charge in [-0.25, -0.2) is 0 Å². The molecule has 1 aliphatic rings. The van der Waals surface area contributed by atoms with Crippen LogP contribution in [0.3, 0.4) is 0 Å². The van der Waals surface area contributed by atoms with Crippen molar-refractivity contribution >= 4 is 17.6 Å². The molecular weight excluding hydrogens is 232 g/mol. The molecule has 0 atom stereocenters. The zero-order valence-corrected chi connectivity index (χ0v) is 10.3. The molecule has 0 bridgehead atoms. The average Bonchev–Trinajstić information content (AvgIpc) is 3.09. The van der Waals surface area contributed by atoms with Gasteiger partial charge in [-0.2, -0.15) is 16.4 Å². The van der Waals surface area contributed by atoms with E-state index in [-0.39, 0.29) is 0 Å². The predicted molar refractivity (Wildman–Crippen MR) is 68.4 cm³/mol. The number of aldehydes is 1. The fraction of sp³-hybridized carbons (Fsp3) is 0.385. The minimum atomic E-state index is 0.487. The molecule has 3 nitrogen and oxygen atoms in total. The van der Waals surface area contributed by atoms with E-state index in [1.165, 1.54) is 25.7 Å². The van der Waals surface area contributed by atoms with Crippen LogP contribution in [-0.2, 0) is 0 Å². The fourth-order valence-corrected chi connectivity index (χ4v) is 3.11. The van der Waals surface area contributed by atoms with Gasteiger partial charge in [0.15, 0.2) is 6.29 Å². The highest BCUT2D eigenvalue weighted by atomic mass is 32.1. The van der Waals surface area contributed by atoms with Crippen LogP contribution in [-0.4, -0.2) is 16.1 Å². The Morgan fingerprint density at radius 1 is 1.41 bits per heavy atom. The van der Waals surface area contributed by atoms with E-state index in [4.69, 9.17) is 0 Å². The van der Waals surface area contributed by atoms with Gasteiger partial charge in [-0.05, 0) is 24.3 Å². The van der Waals surface area contributed by atoms with Gasteiger partial charge in [-0.3, -0.25) is 9.48 Å². The maximum atomic E-state index is 11.1. The number of nitrogens with zero attached hydrogens (tertiary/aromatic N) is 2. The lowest BCUT2D eigenvalue weighted by Crippen LogP contribution is -2.04. The highest BCUT2D eigenvalue weighted by molar-refractivity contribution is 7.08. The molecule has 1 fully saturated rings. The normalized spacial score (nSPS) is 16.5.